The van der Waals surface area contributed by atoms with Gasteiger partial charge in [0.05, 0.1) is 10.2 Å². The predicted octanol–water partition coefficient (Wildman–Crippen LogP) is 5.07. The monoisotopic (exact) mass is 338 g/mol. The molecule has 1 heterocycles. The fraction of sp³-hybridized carbons (Fsp3) is 0.333. The molecule has 0 aliphatic carbocycles. The minimum Gasteiger partial charge on any atom is -0.232 e. The van der Waals surface area contributed by atoms with E-state index in [0.29, 0.717) is 16.9 Å². The van der Waals surface area contributed by atoms with E-state index in [1.165, 1.54) is 5.56 Å². The van der Waals surface area contributed by atoms with Crippen molar-refractivity contribution in [2.24, 2.45) is 5.92 Å². The highest BCUT2D eigenvalue weighted by Crippen LogP contribution is 2.26. The van der Waals surface area contributed by atoms with Gasteiger partial charge < -0.3 is 0 Å². The van der Waals surface area contributed by atoms with Crippen LogP contribution in [0, 0.1) is 12.8 Å². The zero-order valence-electron chi connectivity index (χ0n) is 11.2. The average molecular weight is 340 g/mol. The molecule has 2 nitrogen and oxygen atoms in total. The maximum Gasteiger partial charge on any atom is 0.161 e. The Kier molecular flexibility index (Phi) is 4.58. The second-order valence-corrected chi connectivity index (χ2v) is 6.18. The number of rotatable bonds is 3. The molecule has 19 heavy (non-hydrogen) atoms. The van der Waals surface area contributed by atoms with Gasteiger partial charge in [0.2, 0.25) is 0 Å². The van der Waals surface area contributed by atoms with Crippen LogP contribution in [0.5, 0.6) is 0 Å². The van der Waals surface area contributed by atoms with Gasteiger partial charge in [0.1, 0.15) is 5.15 Å². The van der Waals surface area contributed by atoms with E-state index in [1.54, 1.807) is 0 Å². The van der Waals surface area contributed by atoms with Gasteiger partial charge >= 0.3 is 0 Å². The molecule has 0 atom stereocenters. The first kappa shape index (κ1) is 14.5. The molecule has 2 rings (SSSR count). The lowest BCUT2D eigenvalue weighted by atomic mass is 10.0. The second-order valence-electron chi connectivity index (χ2n) is 5.03. The van der Waals surface area contributed by atoms with Crippen molar-refractivity contribution < 1.29 is 0 Å². The molecule has 1 aromatic heterocycles. The molecule has 0 bridgehead atoms. The molecule has 2 aromatic rings. The molecule has 0 radical (unpaired) electrons. The molecule has 0 spiro atoms. The third kappa shape index (κ3) is 3.54. The molecule has 0 aliphatic rings. The van der Waals surface area contributed by atoms with Crippen molar-refractivity contribution in [1.82, 2.24) is 9.97 Å². The fourth-order valence-electron chi connectivity index (χ4n) is 1.91. The Hall–Kier alpha value is -0.930. The average Bonchev–Trinajstić information content (AvgIpc) is 2.35. The smallest absolute Gasteiger partial charge is 0.161 e. The number of nitrogens with zero attached hydrogens (tertiary/aromatic N) is 2. The Morgan fingerprint density at radius 3 is 2.32 bits per heavy atom. The maximum atomic E-state index is 6.07. The van der Waals surface area contributed by atoms with E-state index in [0.717, 1.165) is 22.2 Å². The van der Waals surface area contributed by atoms with Crippen LogP contribution in [0.4, 0.5) is 0 Å². The molecule has 1 aromatic carbocycles. The number of hydrogen-bond donors (Lipinski definition) is 0. The highest BCUT2D eigenvalue weighted by molar-refractivity contribution is 9.10. The Bertz CT molecular complexity index is 556. The maximum absolute atomic E-state index is 6.07. The quantitative estimate of drug-likeness (QED) is 0.730. The van der Waals surface area contributed by atoms with Crippen LogP contribution in [-0.2, 0) is 6.42 Å². The Morgan fingerprint density at radius 1 is 1.16 bits per heavy atom. The number of halogens is 2. The number of aryl methyl sites for hydroxylation is 1. The summed E-state index contributed by atoms with van der Waals surface area (Å²) in [6.07, 6.45) is 1.08. The molecule has 100 valence electrons. The zero-order chi connectivity index (χ0) is 14.0. The first-order valence-corrected chi connectivity index (χ1v) is 7.43. The lowest BCUT2D eigenvalue weighted by Gasteiger charge is -2.07. The van der Waals surface area contributed by atoms with E-state index >= 15 is 0 Å². The van der Waals surface area contributed by atoms with Gasteiger partial charge in [-0.3, -0.25) is 0 Å². The summed E-state index contributed by atoms with van der Waals surface area (Å²) in [6, 6.07) is 8.36. The molecule has 0 saturated carbocycles. The Labute approximate surface area is 127 Å². The second kappa shape index (κ2) is 6.02. The van der Waals surface area contributed by atoms with Gasteiger partial charge in [-0.25, -0.2) is 9.97 Å². The van der Waals surface area contributed by atoms with Crippen molar-refractivity contribution in [3.05, 3.63) is 45.1 Å². The van der Waals surface area contributed by atoms with Gasteiger partial charge in [-0.1, -0.05) is 49.7 Å². The predicted molar refractivity (Wildman–Crippen MR) is 83.5 cm³/mol. The fourth-order valence-corrected chi connectivity index (χ4v) is 2.31. The molecule has 0 fully saturated rings. The summed E-state index contributed by atoms with van der Waals surface area (Å²) in [5, 5.41) is 0.453. The Morgan fingerprint density at radius 2 is 1.79 bits per heavy atom. The summed E-state index contributed by atoms with van der Waals surface area (Å²) in [5.41, 5.74) is 3.17. The largest absolute Gasteiger partial charge is 0.232 e. The van der Waals surface area contributed by atoms with Crippen molar-refractivity contribution in [2.45, 2.75) is 27.2 Å². The highest BCUT2D eigenvalue weighted by Gasteiger charge is 2.09. The standard InChI is InChI=1S/C15H16BrClN2/c1-9(2)8-11-4-6-12(7-5-11)15-18-10(3)13(16)14(17)19-15/h4-7,9H,8H2,1-3H3. The van der Waals surface area contributed by atoms with Crippen LogP contribution in [0.2, 0.25) is 5.15 Å². The summed E-state index contributed by atoms with van der Waals surface area (Å²) in [7, 11) is 0. The van der Waals surface area contributed by atoms with E-state index in [9.17, 15) is 0 Å². The lowest BCUT2D eigenvalue weighted by molar-refractivity contribution is 0.647. The van der Waals surface area contributed by atoms with E-state index < -0.39 is 0 Å². The van der Waals surface area contributed by atoms with Crippen LogP contribution in [0.1, 0.15) is 25.1 Å². The number of aromatic nitrogens is 2. The SMILES string of the molecule is Cc1nc(-c2ccc(CC(C)C)cc2)nc(Cl)c1Br. The van der Waals surface area contributed by atoms with Crippen molar-refractivity contribution in [3.63, 3.8) is 0 Å². The minimum absolute atomic E-state index is 0.453. The van der Waals surface area contributed by atoms with Crippen LogP contribution in [0.25, 0.3) is 11.4 Å². The van der Waals surface area contributed by atoms with Crippen molar-refractivity contribution in [3.8, 4) is 11.4 Å². The first-order chi connectivity index (χ1) is 8.97. The van der Waals surface area contributed by atoms with Gasteiger partial charge in [0, 0.05) is 5.56 Å². The van der Waals surface area contributed by atoms with Gasteiger partial charge in [-0.2, -0.15) is 0 Å². The number of hydrogen-bond acceptors (Lipinski definition) is 2. The van der Waals surface area contributed by atoms with Crippen LogP contribution in [-0.4, -0.2) is 9.97 Å². The van der Waals surface area contributed by atoms with Gasteiger partial charge in [0.15, 0.2) is 5.82 Å². The summed E-state index contributed by atoms with van der Waals surface area (Å²) < 4.78 is 0.759. The molecular formula is C15H16BrClN2. The highest BCUT2D eigenvalue weighted by atomic mass is 79.9. The van der Waals surface area contributed by atoms with E-state index in [2.05, 4.69) is 64.0 Å². The lowest BCUT2D eigenvalue weighted by Crippen LogP contribution is -1.96. The third-order valence-electron chi connectivity index (χ3n) is 2.83. The molecule has 0 aliphatic heterocycles. The van der Waals surface area contributed by atoms with Crippen LogP contribution in [0.15, 0.2) is 28.7 Å². The Balaban J connectivity index is 2.32. The van der Waals surface area contributed by atoms with Gasteiger partial charge in [-0.15, -0.1) is 0 Å². The topological polar surface area (TPSA) is 25.8 Å². The van der Waals surface area contributed by atoms with Crippen LogP contribution >= 0.6 is 27.5 Å². The molecular weight excluding hydrogens is 324 g/mol. The summed E-state index contributed by atoms with van der Waals surface area (Å²) in [4.78, 5) is 8.75. The minimum atomic E-state index is 0.453. The van der Waals surface area contributed by atoms with E-state index in [-0.39, 0.29) is 0 Å². The van der Waals surface area contributed by atoms with E-state index in [4.69, 9.17) is 11.6 Å². The molecule has 0 unspecified atom stereocenters. The van der Waals surface area contributed by atoms with Crippen molar-refractivity contribution in [2.75, 3.05) is 0 Å². The van der Waals surface area contributed by atoms with Gasteiger partial charge in [-0.05, 0) is 40.8 Å². The molecule has 0 amide bonds. The van der Waals surface area contributed by atoms with Crippen LogP contribution in [0.3, 0.4) is 0 Å². The van der Waals surface area contributed by atoms with E-state index in [1.807, 2.05) is 6.92 Å². The van der Waals surface area contributed by atoms with Gasteiger partial charge in [0.25, 0.3) is 0 Å². The van der Waals surface area contributed by atoms with Crippen LogP contribution < -0.4 is 0 Å². The molecule has 0 saturated heterocycles. The summed E-state index contributed by atoms with van der Waals surface area (Å²) in [5.74, 6) is 1.33. The van der Waals surface area contributed by atoms with Crippen molar-refractivity contribution in [1.29, 1.82) is 0 Å². The summed E-state index contributed by atoms with van der Waals surface area (Å²) >= 11 is 9.44. The number of benzene rings is 1. The normalized spacial score (nSPS) is 11.1. The molecule has 4 heteroatoms. The zero-order valence-corrected chi connectivity index (χ0v) is 13.6. The third-order valence-corrected chi connectivity index (χ3v) is 4.28. The van der Waals surface area contributed by atoms with Crippen molar-refractivity contribution >= 4 is 27.5 Å². The molecule has 0 N–H and O–H groups in total. The summed E-state index contributed by atoms with van der Waals surface area (Å²) in [6.45, 7) is 6.35. The first-order valence-electron chi connectivity index (χ1n) is 6.26.